The number of aliphatic carboxylic acids is 1. The quantitative estimate of drug-likeness (QED) is 0.513. The van der Waals surface area contributed by atoms with Crippen molar-refractivity contribution in [3.8, 4) is 0 Å². The third kappa shape index (κ3) is 4.05. The summed E-state index contributed by atoms with van der Waals surface area (Å²) in [6.45, 7) is 2.81. The van der Waals surface area contributed by atoms with Crippen LogP contribution >= 0.6 is 11.3 Å². The van der Waals surface area contributed by atoms with Crippen LogP contribution in [-0.4, -0.2) is 65.4 Å². The molecule has 5 rings (SSSR count). The number of hydrazone groups is 1. The number of ether oxygens (including phenoxy) is 2. The zero-order valence-electron chi connectivity index (χ0n) is 17.3. The first-order valence-electron chi connectivity index (χ1n) is 10.6. The van der Waals surface area contributed by atoms with E-state index in [0.717, 1.165) is 29.1 Å². The van der Waals surface area contributed by atoms with Gasteiger partial charge >= 0.3 is 5.97 Å². The standard InChI is InChI=1S/C21H23N5O5S/c27-17-13(11-31-16-2-1-12(20(28)29)9-14(16)17)10-22-25-21-23-15-3-8-32-18(15)19(24-21)26-4-6-30-7-5-26/h3,8,10-12,14,16H,1-2,4-7,9H2,(H,28,29)(H,23,24,25)/b22-10+. The number of fused-ring (bicyclic) bond motifs is 2. The number of allylic oxidation sites excluding steroid dienone is 1. The number of hydrogen-bond donors (Lipinski definition) is 2. The van der Waals surface area contributed by atoms with Gasteiger partial charge in [-0.15, -0.1) is 11.3 Å². The van der Waals surface area contributed by atoms with E-state index in [1.54, 1.807) is 11.3 Å². The molecule has 0 radical (unpaired) electrons. The number of thiophene rings is 1. The first kappa shape index (κ1) is 20.8. The molecule has 0 spiro atoms. The molecule has 4 heterocycles. The predicted octanol–water partition coefficient (Wildman–Crippen LogP) is 2.28. The third-order valence-corrected chi connectivity index (χ3v) is 6.99. The van der Waals surface area contributed by atoms with Gasteiger partial charge in [0.1, 0.15) is 6.10 Å². The Bertz CT molecular complexity index is 1090. The summed E-state index contributed by atoms with van der Waals surface area (Å²) in [5.41, 5.74) is 3.95. The first-order valence-corrected chi connectivity index (χ1v) is 11.5. The van der Waals surface area contributed by atoms with Gasteiger partial charge in [-0.3, -0.25) is 9.59 Å². The summed E-state index contributed by atoms with van der Waals surface area (Å²) in [4.78, 5) is 35.5. The highest BCUT2D eigenvalue weighted by Gasteiger charge is 2.41. The van der Waals surface area contributed by atoms with Crippen LogP contribution in [0.15, 0.2) is 28.4 Å². The van der Waals surface area contributed by atoms with Crippen molar-refractivity contribution in [1.82, 2.24) is 9.97 Å². The van der Waals surface area contributed by atoms with Gasteiger partial charge in [-0.25, -0.2) is 10.4 Å². The molecule has 11 heteroatoms. The maximum Gasteiger partial charge on any atom is 0.306 e. The average molecular weight is 458 g/mol. The summed E-state index contributed by atoms with van der Waals surface area (Å²) in [5.74, 6) is -0.794. The zero-order valence-corrected chi connectivity index (χ0v) is 18.1. The van der Waals surface area contributed by atoms with Crippen molar-refractivity contribution < 1.29 is 24.2 Å². The van der Waals surface area contributed by atoms with Gasteiger partial charge in [0.05, 0.1) is 53.3 Å². The molecular formula is C21H23N5O5S. The van der Waals surface area contributed by atoms with Crippen molar-refractivity contribution >= 4 is 51.3 Å². The van der Waals surface area contributed by atoms with Gasteiger partial charge in [-0.2, -0.15) is 10.1 Å². The molecule has 1 saturated heterocycles. The molecule has 1 aliphatic carbocycles. The molecular weight excluding hydrogens is 434 g/mol. The van der Waals surface area contributed by atoms with Crippen molar-refractivity contribution in [2.75, 3.05) is 36.6 Å². The number of carboxylic acid groups (broad SMARTS) is 1. The summed E-state index contributed by atoms with van der Waals surface area (Å²) in [5, 5.41) is 15.4. The van der Waals surface area contributed by atoms with Crippen LogP contribution in [0, 0.1) is 11.8 Å². The largest absolute Gasteiger partial charge is 0.496 e. The van der Waals surface area contributed by atoms with E-state index >= 15 is 0 Å². The van der Waals surface area contributed by atoms with Crippen LogP contribution in [0.2, 0.25) is 0 Å². The molecule has 0 amide bonds. The van der Waals surface area contributed by atoms with Crippen LogP contribution < -0.4 is 10.3 Å². The molecule has 2 aromatic heterocycles. The molecule has 2 aromatic rings. The van der Waals surface area contributed by atoms with Crippen molar-refractivity contribution in [2.45, 2.75) is 25.4 Å². The van der Waals surface area contributed by atoms with Crippen LogP contribution in [0.4, 0.5) is 11.8 Å². The van der Waals surface area contributed by atoms with E-state index < -0.39 is 17.8 Å². The lowest BCUT2D eigenvalue weighted by molar-refractivity contribution is -0.146. The Kier molecular flexibility index (Phi) is 5.75. The van der Waals surface area contributed by atoms with Crippen LogP contribution in [0.1, 0.15) is 19.3 Å². The van der Waals surface area contributed by atoms with Crippen molar-refractivity contribution in [2.24, 2.45) is 16.9 Å². The number of carbonyl (C=O) groups is 2. The highest BCUT2D eigenvalue weighted by Crippen LogP contribution is 2.36. The highest BCUT2D eigenvalue weighted by molar-refractivity contribution is 7.17. The molecule has 168 valence electrons. The Morgan fingerprint density at radius 2 is 2.16 bits per heavy atom. The number of morpholine rings is 1. The normalized spacial score (nSPS) is 26.0. The van der Waals surface area contributed by atoms with E-state index in [4.69, 9.17) is 9.47 Å². The first-order chi connectivity index (χ1) is 15.6. The second-order valence-electron chi connectivity index (χ2n) is 8.04. The number of Topliss-reactive ketones (excluding diaryl/α,β-unsaturated/α-hetero) is 1. The molecule has 2 fully saturated rings. The number of carboxylic acids is 1. The Balaban J connectivity index is 1.31. The Morgan fingerprint density at radius 1 is 1.31 bits per heavy atom. The minimum Gasteiger partial charge on any atom is -0.496 e. The summed E-state index contributed by atoms with van der Waals surface area (Å²) >= 11 is 1.59. The smallest absolute Gasteiger partial charge is 0.306 e. The number of carbonyl (C=O) groups excluding carboxylic acids is 1. The maximum absolute atomic E-state index is 12.9. The SMILES string of the molecule is O=C(O)C1CCC2OC=C(/C=N/Nc3nc(N4CCOCC4)c4sccc4n3)C(=O)C2C1. The summed E-state index contributed by atoms with van der Waals surface area (Å²) in [7, 11) is 0. The number of nitrogens with one attached hydrogen (secondary N) is 1. The van der Waals surface area contributed by atoms with Gasteiger partial charge in [0.25, 0.3) is 0 Å². The van der Waals surface area contributed by atoms with Gasteiger partial charge in [-0.1, -0.05) is 0 Å². The molecule has 32 heavy (non-hydrogen) atoms. The topological polar surface area (TPSA) is 126 Å². The Hall–Kier alpha value is -3.05. The van der Waals surface area contributed by atoms with Gasteiger partial charge in [0.15, 0.2) is 11.6 Å². The molecule has 0 aromatic carbocycles. The number of rotatable bonds is 5. The van der Waals surface area contributed by atoms with Crippen molar-refractivity contribution in [3.63, 3.8) is 0 Å². The lowest BCUT2D eigenvalue weighted by atomic mass is 9.75. The molecule has 3 atom stereocenters. The molecule has 2 aliphatic heterocycles. The van der Waals surface area contributed by atoms with Crippen LogP contribution in [0.25, 0.3) is 10.2 Å². The summed E-state index contributed by atoms with van der Waals surface area (Å²) < 4.78 is 12.1. The van der Waals surface area contributed by atoms with Gasteiger partial charge < -0.3 is 19.5 Å². The number of ketones is 1. The van der Waals surface area contributed by atoms with E-state index in [1.807, 2.05) is 11.4 Å². The number of nitrogens with zero attached hydrogens (tertiary/aromatic N) is 4. The summed E-state index contributed by atoms with van der Waals surface area (Å²) in [6.07, 6.45) is 3.92. The average Bonchev–Trinajstić information content (AvgIpc) is 3.29. The molecule has 1 saturated carbocycles. The van der Waals surface area contributed by atoms with Gasteiger partial charge in [0.2, 0.25) is 5.95 Å². The van der Waals surface area contributed by atoms with E-state index in [-0.39, 0.29) is 18.3 Å². The fourth-order valence-corrected chi connectivity index (χ4v) is 5.23. The van der Waals surface area contributed by atoms with E-state index in [0.29, 0.717) is 37.6 Å². The van der Waals surface area contributed by atoms with Gasteiger partial charge in [-0.05, 0) is 30.7 Å². The number of aromatic nitrogens is 2. The Morgan fingerprint density at radius 3 is 2.97 bits per heavy atom. The highest BCUT2D eigenvalue weighted by atomic mass is 32.1. The lowest BCUT2D eigenvalue weighted by Gasteiger charge is -2.35. The third-order valence-electron chi connectivity index (χ3n) is 6.09. The second kappa shape index (κ2) is 8.83. The molecule has 3 aliphatic rings. The molecule has 2 N–H and O–H groups in total. The predicted molar refractivity (Wildman–Crippen MR) is 119 cm³/mol. The second-order valence-corrected chi connectivity index (χ2v) is 8.96. The Labute approximate surface area is 187 Å². The molecule has 0 bridgehead atoms. The monoisotopic (exact) mass is 457 g/mol. The number of hydrogen-bond acceptors (Lipinski definition) is 10. The fourth-order valence-electron chi connectivity index (χ4n) is 4.38. The van der Waals surface area contributed by atoms with E-state index in [2.05, 4.69) is 25.4 Å². The molecule has 3 unspecified atom stereocenters. The lowest BCUT2D eigenvalue weighted by Crippen LogP contribution is -2.41. The maximum atomic E-state index is 12.9. The van der Waals surface area contributed by atoms with E-state index in [9.17, 15) is 14.7 Å². The molecule has 10 nitrogen and oxygen atoms in total. The van der Waals surface area contributed by atoms with Gasteiger partial charge in [0, 0.05) is 13.1 Å². The van der Waals surface area contributed by atoms with E-state index in [1.165, 1.54) is 12.5 Å². The minimum absolute atomic E-state index is 0.138. The summed E-state index contributed by atoms with van der Waals surface area (Å²) in [6, 6.07) is 1.93. The van der Waals surface area contributed by atoms with Crippen molar-refractivity contribution in [1.29, 1.82) is 0 Å². The van der Waals surface area contributed by atoms with Crippen molar-refractivity contribution in [3.05, 3.63) is 23.3 Å². The minimum atomic E-state index is -0.861. The number of anilines is 2. The van der Waals surface area contributed by atoms with Crippen LogP contribution in [0.3, 0.4) is 0 Å². The fraction of sp³-hybridized carbons (Fsp3) is 0.476. The van der Waals surface area contributed by atoms with Crippen LogP contribution in [-0.2, 0) is 19.1 Å². The van der Waals surface area contributed by atoms with Crippen LogP contribution in [0.5, 0.6) is 0 Å². The zero-order chi connectivity index (χ0) is 22.1.